The van der Waals surface area contributed by atoms with Gasteiger partial charge in [-0.2, -0.15) is 0 Å². The average Bonchev–Trinajstić information content (AvgIpc) is 2.53. The fourth-order valence-electron chi connectivity index (χ4n) is 1.76. The van der Waals surface area contributed by atoms with Crippen molar-refractivity contribution in [3.63, 3.8) is 0 Å². The summed E-state index contributed by atoms with van der Waals surface area (Å²) in [5, 5.41) is 8.62. The second kappa shape index (κ2) is 7.32. The molecule has 0 aliphatic rings. The third-order valence-corrected chi connectivity index (χ3v) is 2.82. The molecule has 21 heavy (non-hydrogen) atoms. The maximum Gasteiger partial charge on any atom is 0.171 e. The number of rotatable bonds is 4. The average molecular weight is 286 g/mol. The SMILES string of the molecule is COc1cccc(COc2ccc(C#CCO)cc2)c1F. The number of benzene rings is 2. The summed E-state index contributed by atoms with van der Waals surface area (Å²) in [6, 6.07) is 12.0. The monoisotopic (exact) mass is 286 g/mol. The van der Waals surface area contributed by atoms with Gasteiger partial charge >= 0.3 is 0 Å². The Morgan fingerprint density at radius 3 is 2.57 bits per heavy atom. The lowest BCUT2D eigenvalue weighted by Crippen LogP contribution is -2.00. The smallest absolute Gasteiger partial charge is 0.171 e. The second-order valence-electron chi connectivity index (χ2n) is 4.21. The van der Waals surface area contributed by atoms with Crippen LogP contribution in [-0.2, 0) is 6.61 Å². The Balaban J connectivity index is 2.03. The zero-order valence-corrected chi connectivity index (χ0v) is 11.6. The number of halogens is 1. The molecule has 0 bridgehead atoms. The summed E-state index contributed by atoms with van der Waals surface area (Å²) in [6.45, 7) is -0.0575. The van der Waals surface area contributed by atoms with Crippen molar-refractivity contribution in [2.45, 2.75) is 6.61 Å². The molecule has 0 unspecified atom stereocenters. The van der Waals surface area contributed by atoms with Crippen LogP contribution in [0, 0.1) is 17.7 Å². The van der Waals surface area contributed by atoms with E-state index in [0.717, 1.165) is 5.56 Å². The minimum atomic E-state index is -0.412. The Bertz CT molecular complexity index is 654. The summed E-state index contributed by atoms with van der Waals surface area (Å²) in [4.78, 5) is 0. The lowest BCUT2D eigenvalue weighted by atomic mass is 10.2. The lowest BCUT2D eigenvalue weighted by Gasteiger charge is -2.09. The van der Waals surface area contributed by atoms with Gasteiger partial charge in [-0.05, 0) is 30.3 Å². The molecule has 3 nitrogen and oxygen atoms in total. The standard InChI is InChI=1S/C17H15FO3/c1-20-16-6-2-5-14(17(16)18)12-21-15-9-7-13(8-10-15)4-3-11-19/h2,5-10,19H,11-12H2,1H3. The van der Waals surface area contributed by atoms with Gasteiger partial charge in [0.15, 0.2) is 11.6 Å². The number of methoxy groups -OCH3 is 1. The van der Waals surface area contributed by atoms with Gasteiger partial charge in [0, 0.05) is 11.1 Å². The van der Waals surface area contributed by atoms with Crippen molar-refractivity contribution in [3.05, 3.63) is 59.4 Å². The van der Waals surface area contributed by atoms with Gasteiger partial charge in [0.05, 0.1) is 7.11 Å². The van der Waals surface area contributed by atoms with Gasteiger partial charge in [0.1, 0.15) is 19.0 Å². The van der Waals surface area contributed by atoms with Gasteiger partial charge in [-0.1, -0.05) is 24.0 Å². The van der Waals surface area contributed by atoms with E-state index in [1.807, 2.05) is 0 Å². The van der Waals surface area contributed by atoms with E-state index in [-0.39, 0.29) is 19.0 Å². The van der Waals surface area contributed by atoms with Crippen LogP contribution in [0.2, 0.25) is 0 Å². The highest BCUT2D eigenvalue weighted by molar-refractivity contribution is 5.38. The third kappa shape index (κ3) is 3.98. The van der Waals surface area contributed by atoms with E-state index >= 15 is 0 Å². The van der Waals surface area contributed by atoms with Crippen LogP contribution in [0.5, 0.6) is 11.5 Å². The second-order valence-corrected chi connectivity index (χ2v) is 4.21. The minimum absolute atomic E-state index is 0.116. The van der Waals surface area contributed by atoms with Crippen molar-refractivity contribution in [2.75, 3.05) is 13.7 Å². The highest BCUT2D eigenvalue weighted by Gasteiger charge is 2.08. The zero-order chi connectivity index (χ0) is 15.1. The van der Waals surface area contributed by atoms with Crippen molar-refractivity contribution in [1.29, 1.82) is 0 Å². The van der Waals surface area contributed by atoms with Gasteiger partial charge in [0.25, 0.3) is 0 Å². The molecular weight excluding hydrogens is 271 g/mol. The largest absolute Gasteiger partial charge is 0.494 e. The number of hydrogen-bond acceptors (Lipinski definition) is 3. The molecule has 2 aromatic carbocycles. The third-order valence-electron chi connectivity index (χ3n) is 2.82. The van der Waals surface area contributed by atoms with Crippen LogP contribution in [0.1, 0.15) is 11.1 Å². The van der Waals surface area contributed by atoms with Gasteiger partial charge in [-0.15, -0.1) is 0 Å². The quantitative estimate of drug-likeness (QED) is 0.878. The van der Waals surface area contributed by atoms with E-state index in [2.05, 4.69) is 11.8 Å². The summed E-state index contributed by atoms with van der Waals surface area (Å²) in [6.07, 6.45) is 0. The molecule has 108 valence electrons. The maximum absolute atomic E-state index is 13.9. The van der Waals surface area contributed by atoms with Crippen LogP contribution in [0.25, 0.3) is 0 Å². The van der Waals surface area contributed by atoms with Crippen molar-refractivity contribution >= 4 is 0 Å². The Morgan fingerprint density at radius 1 is 1.14 bits per heavy atom. The highest BCUT2D eigenvalue weighted by Crippen LogP contribution is 2.21. The lowest BCUT2D eigenvalue weighted by molar-refractivity contribution is 0.295. The summed E-state index contributed by atoms with van der Waals surface area (Å²) >= 11 is 0. The number of aliphatic hydroxyl groups is 1. The summed E-state index contributed by atoms with van der Waals surface area (Å²) in [7, 11) is 1.43. The van der Waals surface area contributed by atoms with Crippen molar-refractivity contribution in [3.8, 4) is 23.3 Å². The molecule has 1 N–H and O–H groups in total. The first-order valence-electron chi connectivity index (χ1n) is 6.38. The molecule has 2 rings (SSSR count). The summed E-state index contributed by atoms with van der Waals surface area (Å²) < 4.78 is 24.4. The molecule has 4 heteroatoms. The molecule has 0 amide bonds. The molecule has 0 saturated carbocycles. The van der Waals surface area contributed by atoms with E-state index in [1.165, 1.54) is 7.11 Å². The first-order valence-corrected chi connectivity index (χ1v) is 6.38. The van der Waals surface area contributed by atoms with E-state index in [4.69, 9.17) is 14.6 Å². The van der Waals surface area contributed by atoms with Gasteiger partial charge < -0.3 is 14.6 Å². The van der Waals surface area contributed by atoms with Gasteiger partial charge in [0.2, 0.25) is 0 Å². The van der Waals surface area contributed by atoms with Crippen LogP contribution < -0.4 is 9.47 Å². The normalized spacial score (nSPS) is 9.67. The van der Waals surface area contributed by atoms with E-state index in [0.29, 0.717) is 11.3 Å². The predicted molar refractivity (Wildman–Crippen MR) is 77.7 cm³/mol. The van der Waals surface area contributed by atoms with Gasteiger partial charge in [-0.25, -0.2) is 4.39 Å². The van der Waals surface area contributed by atoms with E-state index in [9.17, 15) is 4.39 Å². The van der Waals surface area contributed by atoms with Crippen LogP contribution in [0.15, 0.2) is 42.5 Å². The zero-order valence-electron chi connectivity index (χ0n) is 11.6. The Kier molecular flexibility index (Phi) is 5.19. The van der Waals surface area contributed by atoms with Gasteiger partial charge in [-0.3, -0.25) is 0 Å². The number of hydrogen-bond donors (Lipinski definition) is 1. The van der Waals surface area contributed by atoms with Crippen molar-refractivity contribution in [1.82, 2.24) is 0 Å². The van der Waals surface area contributed by atoms with Crippen LogP contribution in [-0.4, -0.2) is 18.8 Å². The maximum atomic E-state index is 13.9. The molecule has 0 atom stereocenters. The van der Waals surface area contributed by atoms with E-state index in [1.54, 1.807) is 42.5 Å². The molecule has 0 aliphatic heterocycles. The minimum Gasteiger partial charge on any atom is -0.494 e. The highest BCUT2D eigenvalue weighted by atomic mass is 19.1. The molecular formula is C17H15FO3. The first-order chi connectivity index (χ1) is 10.2. The fourth-order valence-corrected chi connectivity index (χ4v) is 1.76. The first kappa shape index (κ1) is 14.9. The Labute approximate surface area is 122 Å². The predicted octanol–water partition coefficient (Wildman–Crippen LogP) is 2.76. The molecule has 2 aromatic rings. The Hall–Kier alpha value is -2.51. The molecule has 0 saturated heterocycles. The molecule has 0 heterocycles. The van der Waals surface area contributed by atoms with Crippen LogP contribution in [0.4, 0.5) is 4.39 Å². The fraction of sp³-hybridized carbons (Fsp3) is 0.176. The molecule has 0 aliphatic carbocycles. The number of aliphatic hydroxyl groups excluding tert-OH is 1. The topological polar surface area (TPSA) is 38.7 Å². The molecule has 0 fully saturated rings. The molecule has 0 radical (unpaired) electrons. The summed E-state index contributed by atoms with van der Waals surface area (Å²) in [5.41, 5.74) is 1.21. The van der Waals surface area contributed by atoms with Crippen molar-refractivity contribution < 1.29 is 19.0 Å². The summed E-state index contributed by atoms with van der Waals surface area (Å²) in [5.74, 6) is 5.76. The molecule has 0 aromatic heterocycles. The van der Waals surface area contributed by atoms with Crippen LogP contribution in [0.3, 0.4) is 0 Å². The van der Waals surface area contributed by atoms with Crippen LogP contribution >= 0.6 is 0 Å². The Morgan fingerprint density at radius 2 is 1.90 bits per heavy atom. The van der Waals surface area contributed by atoms with Crippen molar-refractivity contribution in [2.24, 2.45) is 0 Å². The number of ether oxygens (including phenoxy) is 2. The molecule has 0 spiro atoms. The van der Waals surface area contributed by atoms with E-state index < -0.39 is 5.82 Å².